The van der Waals surface area contributed by atoms with E-state index in [1.807, 2.05) is 31.2 Å². The first kappa shape index (κ1) is 13.6. The van der Waals surface area contributed by atoms with Crippen LogP contribution in [0.1, 0.15) is 13.3 Å². The van der Waals surface area contributed by atoms with Crippen molar-refractivity contribution >= 4 is 11.6 Å². The third-order valence-electron chi connectivity index (χ3n) is 3.92. The highest BCUT2D eigenvalue weighted by atomic mass is 16.2. The SMILES string of the molecule is CC1NCCC1C(=O)Nc1ccc(-c2cc(=O)[nH][nH]2)cc1. The molecule has 1 aliphatic rings. The average molecular weight is 286 g/mol. The van der Waals surface area contributed by atoms with Gasteiger partial charge in [-0.15, -0.1) is 0 Å². The lowest BCUT2D eigenvalue weighted by Gasteiger charge is -2.15. The molecule has 21 heavy (non-hydrogen) atoms. The average Bonchev–Trinajstić information content (AvgIpc) is 3.08. The van der Waals surface area contributed by atoms with E-state index in [0.717, 1.165) is 29.9 Å². The Morgan fingerprint density at radius 3 is 2.57 bits per heavy atom. The highest BCUT2D eigenvalue weighted by Gasteiger charge is 2.29. The van der Waals surface area contributed by atoms with E-state index in [9.17, 15) is 9.59 Å². The number of anilines is 1. The Morgan fingerprint density at radius 1 is 1.24 bits per heavy atom. The lowest BCUT2D eigenvalue weighted by Crippen LogP contribution is -2.32. The monoisotopic (exact) mass is 286 g/mol. The Balaban J connectivity index is 1.70. The summed E-state index contributed by atoms with van der Waals surface area (Å²) in [6.45, 7) is 2.92. The normalized spacial score (nSPS) is 21.4. The fourth-order valence-electron chi connectivity index (χ4n) is 2.67. The lowest BCUT2D eigenvalue weighted by molar-refractivity contribution is -0.119. The molecule has 1 aromatic carbocycles. The third-order valence-corrected chi connectivity index (χ3v) is 3.92. The summed E-state index contributed by atoms with van der Waals surface area (Å²) in [7, 11) is 0. The van der Waals surface area contributed by atoms with E-state index in [0.29, 0.717) is 0 Å². The van der Waals surface area contributed by atoms with Crippen LogP contribution in [0.15, 0.2) is 35.1 Å². The summed E-state index contributed by atoms with van der Waals surface area (Å²) in [5.41, 5.74) is 2.22. The minimum atomic E-state index is -0.162. The predicted octanol–water partition coefficient (Wildman–Crippen LogP) is 1.31. The molecule has 0 bridgehead atoms. The molecule has 2 heterocycles. The number of hydrogen-bond acceptors (Lipinski definition) is 3. The van der Waals surface area contributed by atoms with Crippen LogP contribution in [0, 0.1) is 5.92 Å². The van der Waals surface area contributed by atoms with Gasteiger partial charge in [0.25, 0.3) is 5.56 Å². The quantitative estimate of drug-likeness (QED) is 0.685. The summed E-state index contributed by atoms with van der Waals surface area (Å²) in [5, 5.41) is 11.5. The van der Waals surface area contributed by atoms with E-state index in [1.165, 1.54) is 6.07 Å². The standard InChI is InChI=1S/C15H18N4O2/c1-9-12(6-7-16-9)15(21)17-11-4-2-10(3-5-11)13-8-14(20)19-18-13/h2-5,8-9,12,16H,6-7H2,1H3,(H,17,21)(H2,18,19,20). The van der Waals surface area contributed by atoms with Crippen molar-refractivity contribution in [1.29, 1.82) is 0 Å². The van der Waals surface area contributed by atoms with Gasteiger partial charge in [-0.25, -0.2) is 0 Å². The van der Waals surface area contributed by atoms with Crippen LogP contribution in [0.2, 0.25) is 0 Å². The van der Waals surface area contributed by atoms with Gasteiger partial charge in [0.05, 0.1) is 11.6 Å². The highest BCUT2D eigenvalue weighted by Crippen LogP contribution is 2.21. The molecule has 0 aliphatic carbocycles. The molecule has 2 aromatic rings. The summed E-state index contributed by atoms with van der Waals surface area (Å²) in [6, 6.07) is 9.13. The zero-order valence-electron chi connectivity index (χ0n) is 11.8. The van der Waals surface area contributed by atoms with Crippen molar-refractivity contribution in [1.82, 2.24) is 15.5 Å². The minimum absolute atomic E-state index is 0.0192. The fraction of sp³-hybridized carbons (Fsp3) is 0.333. The van der Waals surface area contributed by atoms with Crippen LogP contribution in [0.4, 0.5) is 5.69 Å². The molecule has 0 radical (unpaired) electrons. The van der Waals surface area contributed by atoms with Crippen molar-refractivity contribution in [2.45, 2.75) is 19.4 Å². The number of hydrogen-bond donors (Lipinski definition) is 4. The van der Waals surface area contributed by atoms with E-state index < -0.39 is 0 Å². The minimum Gasteiger partial charge on any atom is -0.326 e. The van der Waals surface area contributed by atoms with E-state index >= 15 is 0 Å². The molecule has 1 amide bonds. The largest absolute Gasteiger partial charge is 0.326 e. The van der Waals surface area contributed by atoms with E-state index in [1.54, 1.807) is 0 Å². The molecule has 110 valence electrons. The summed E-state index contributed by atoms with van der Waals surface area (Å²) in [6.07, 6.45) is 0.871. The summed E-state index contributed by atoms with van der Waals surface area (Å²) in [5.74, 6) is 0.0704. The Morgan fingerprint density at radius 2 is 2.00 bits per heavy atom. The topological polar surface area (TPSA) is 89.8 Å². The van der Waals surface area contributed by atoms with Gasteiger partial charge in [-0.05, 0) is 37.6 Å². The molecule has 1 fully saturated rings. The molecule has 0 saturated carbocycles. The number of carbonyl (C=O) groups is 1. The number of rotatable bonds is 3. The van der Waals surface area contributed by atoms with Gasteiger partial charge in [0.1, 0.15) is 0 Å². The second-order valence-corrected chi connectivity index (χ2v) is 5.38. The van der Waals surface area contributed by atoms with Gasteiger partial charge in [0.15, 0.2) is 0 Å². The molecule has 3 rings (SSSR count). The number of aromatic nitrogens is 2. The van der Waals surface area contributed by atoms with Crippen molar-refractivity contribution < 1.29 is 4.79 Å². The molecule has 2 unspecified atom stereocenters. The van der Waals surface area contributed by atoms with Gasteiger partial charge in [-0.2, -0.15) is 0 Å². The van der Waals surface area contributed by atoms with Crippen LogP contribution in [0.25, 0.3) is 11.3 Å². The van der Waals surface area contributed by atoms with Gasteiger partial charge in [0.2, 0.25) is 5.91 Å². The second kappa shape index (κ2) is 5.57. The highest BCUT2D eigenvalue weighted by molar-refractivity contribution is 5.93. The fourth-order valence-corrected chi connectivity index (χ4v) is 2.67. The molecule has 1 aliphatic heterocycles. The molecule has 4 N–H and O–H groups in total. The zero-order chi connectivity index (χ0) is 14.8. The van der Waals surface area contributed by atoms with E-state index in [-0.39, 0.29) is 23.4 Å². The number of benzene rings is 1. The van der Waals surface area contributed by atoms with Crippen LogP contribution in [0.5, 0.6) is 0 Å². The molecule has 2 atom stereocenters. The predicted molar refractivity (Wildman–Crippen MR) is 81.1 cm³/mol. The van der Waals surface area contributed by atoms with E-state index in [2.05, 4.69) is 20.8 Å². The number of carbonyl (C=O) groups excluding carboxylic acids is 1. The maximum absolute atomic E-state index is 12.2. The van der Waals surface area contributed by atoms with Gasteiger partial charge in [-0.1, -0.05) is 12.1 Å². The van der Waals surface area contributed by atoms with Crippen molar-refractivity contribution in [3.8, 4) is 11.3 Å². The molecule has 0 spiro atoms. The summed E-state index contributed by atoms with van der Waals surface area (Å²) in [4.78, 5) is 23.3. The van der Waals surface area contributed by atoms with Crippen molar-refractivity contribution in [2.75, 3.05) is 11.9 Å². The van der Waals surface area contributed by atoms with Gasteiger partial charge in [-0.3, -0.25) is 19.8 Å². The molecule has 1 saturated heterocycles. The Kier molecular flexibility index (Phi) is 3.62. The first-order valence-electron chi connectivity index (χ1n) is 7.06. The molecular weight excluding hydrogens is 268 g/mol. The van der Waals surface area contributed by atoms with Crippen molar-refractivity contribution in [3.05, 3.63) is 40.7 Å². The maximum Gasteiger partial charge on any atom is 0.264 e. The molecule has 1 aromatic heterocycles. The zero-order valence-corrected chi connectivity index (χ0v) is 11.8. The molecule has 6 heteroatoms. The Hall–Kier alpha value is -2.34. The summed E-state index contributed by atoms with van der Waals surface area (Å²) >= 11 is 0. The van der Waals surface area contributed by atoms with Gasteiger partial charge < -0.3 is 10.6 Å². The number of amides is 1. The number of aromatic amines is 2. The van der Waals surface area contributed by atoms with E-state index in [4.69, 9.17) is 0 Å². The smallest absolute Gasteiger partial charge is 0.264 e. The van der Waals surface area contributed by atoms with Crippen molar-refractivity contribution in [2.24, 2.45) is 5.92 Å². The van der Waals surface area contributed by atoms with Gasteiger partial charge in [0, 0.05) is 17.8 Å². The van der Waals surface area contributed by atoms with Crippen LogP contribution in [-0.4, -0.2) is 28.7 Å². The Labute approximate surface area is 121 Å². The number of nitrogens with one attached hydrogen (secondary N) is 4. The number of H-pyrrole nitrogens is 2. The van der Waals surface area contributed by atoms with Crippen molar-refractivity contribution in [3.63, 3.8) is 0 Å². The lowest BCUT2D eigenvalue weighted by atomic mass is 10.0. The molecular formula is C15H18N4O2. The van der Waals surface area contributed by atoms with Crippen LogP contribution < -0.4 is 16.2 Å². The first-order chi connectivity index (χ1) is 10.1. The first-order valence-corrected chi connectivity index (χ1v) is 7.06. The van der Waals surface area contributed by atoms with Crippen LogP contribution in [0.3, 0.4) is 0 Å². The van der Waals surface area contributed by atoms with Gasteiger partial charge >= 0.3 is 0 Å². The second-order valence-electron chi connectivity index (χ2n) is 5.38. The summed E-state index contributed by atoms with van der Waals surface area (Å²) < 4.78 is 0. The Bertz CT molecular complexity index is 686. The van der Waals surface area contributed by atoms with Crippen LogP contribution >= 0.6 is 0 Å². The van der Waals surface area contributed by atoms with Crippen LogP contribution in [-0.2, 0) is 4.79 Å². The maximum atomic E-state index is 12.2. The third kappa shape index (κ3) is 2.90. The molecule has 6 nitrogen and oxygen atoms in total.